The van der Waals surface area contributed by atoms with Crippen LogP contribution in [0.3, 0.4) is 0 Å². The SMILES string of the molecule is Cc1noc(C2CN(C(=O)c3cc(-c4ccco4)[nH]n3)CC2c2ccccc2)n1. The molecule has 1 saturated heterocycles. The molecule has 1 aliphatic heterocycles. The first kappa shape index (κ1) is 17.4. The molecule has 1 amide bonds. The van der Waals surface area contributed by atoms with Gasteiger partial charge in [0, 0.05) is 25.1 Å². The van der Waals surface area contributed by atoms with E-state index in [4.69, 9.17) is 8.94 Å². The maximum absolute atomic E-state index is 13.1. The minimum absolute atomic E-state index is 0.0639. The molecule has 0 spiro atoms. The maximum Gasteiger partial charge on any atom is 0.274 e. The second kappa shape index (κ2) is 7.05. The number of nitrogens with one attached hydrogen (secondary N) is 1. The van der Waals surface area contributed by atoms with Crippen LogP contribution < -0.4 is 0 Å². The Morgan fingerprint density at radius 2 is 1.97 bits per heavy atom. The average Bonchev–Trinajstić information content (AvgIpc) is 3.54. The fourth-order valence-electron chi connectivity index (χ4n) is 3.87. The number of aromatic amines is 1. The summed E-state index contributed by atoms with van der Waals surface area (Å²) in [6.07, 6.45) is 1.58. The Morgan fingerprint density at radius 1 is 1.14 bits per heavy atom. The van der Waals surface area contributed by atoms with Crippen molar-refractivity contribution >= 4 is 5.91 Å². The van der Waals surface area contributed by atoms with Crippen molar-refractivity contribution in [3.8, 4) is 11.5 Å². The van der Waals surface area contributed by atoms with Gasteiger partial charge in [-0.3, -0.25) is 9.89 Å². The molecule has 2 atom stereocenters. The molecule has 8 nitrogen and oxygen atoms in total. The van der Waals surface area contributed by atoms with Gasteiger partial charge in [-0.15, -0.1) is 0 Å². The zero-order chi connectivity index (χ0) is 19.8. The van der Waals surface area contributed by atoms with Crippen LogP contribution in [-0.4, -0.2) is 44.2 Å². The second-order valence-electron chi connectivity index (χ2n) is 7.16. The molecule has 4 aromatic rings. The number of rotatable bonds is 4. The van der Waals surface area contributed by atoms with Crippen molar-refractivity contribution in [2.24, 2.45) is 0 Å². The lowest BCUT2D eigenvalue weighted by molar-refractivity contribution is 0.0782. The summed E-state index contributed by atoms with van der Waals surface area (Å²) in [5.41, 5.74) is 2.16. The van der Waals surface area contributed by atoms with Gasteiger partial charge in [0.1, 0.15) is 5.69 Å². The summed E-state index contributed by atoms with van der Waals surface area (Å²) in [6.45, 7) is 2.84. The van der Waals surface area contributed by atoms with E-state index in [1.165, 1.54) is 0 Å². The van der Waals surface area contributed by atoms with E-state index in [1.807, 2.05) is 24.3 Å². The van der Waals surface area contributed by atoms with Gasteiger partial charge in [-0.05, 0) is 24.6 Å². The summed E-state index contributed by atoms with van der Waals surface area (Å²) >= 11 is 0. The second-order valence-corrected chi connectivity index (χ2v) is 7.16. The molecular formula is C21H19N5O3. The van der Waals surface area contributed by atoms with Crippen LogP contribution in [0.4, 0.5) is 0 Å². The Morgan fingerprint density at radius 3 is 2.69 bits per heavy atom. The lowest BCUT2D eigenvalue weighted by Crippen LogP contribution is -2.29. The first-order valence-electron chi connectivity index (χ1n) is 9.43. The van der Waals surface area contributed by atoms with E-state index in [9.17, 15) is 4.79 Å². The first-order valence-corrected chi connectivity index (χ1v) is 9.43. The molecule has 8 heteroatoms. The van der Waals surface area contributed by atoms with Gasteiger partial charge in [0.25, 0.3) is 5.91 Å². The van der Waals surface area contributed by atoms with Crippen LogP contribution in [-0.2, 0) is 0 Å². The van der Waals surface area contributed by atoms with Crippen molar-refractivity contribution in [1.29, 1.82) is 0 Å². The third kappa shape index (κ3) is 3.22. The van der Waals surface area contributed by atoms with Gasteiger partial charge in [-0.2, -0.15) is 10.1 Å². The lowest BCUT2D eigenvalue weighted by Gasteiger charge is -2.15. The molecule has 0 bridgehead atoms. The number of H-pyrrole nitrogens is 1. The van der Waals surface area contributed by atoms with Gasteiger partial charge < -0.3 is 13.8 Å². The molecule has 0 radical (unpaired) electrons. The number of aromatic nitrogens is 4. The van der Waals surface area contributed by atoms with E-state index in [1.54, 1.807) is 30.2 Å². The van der Waals surface area contributed by atoms with Gasteiger partial charge >= 0.3 is 0 Å². The quantitative estimate of drug-likeness (QED) is 0.574. The number of furan rings is 1. The van der Waals surface area contributed by atoms with Gasteiger partial charge in [0.15, 0.2) is 17.3 Å². The Labute approximate surface area is 166 Å². The number of amides is 1. The van der Waals surface area contributed by atoms with Crippen molar-refractivity contribution < 1.29 is 13.7 Å². The summed E-state index contributed by atoms with van der Waals surface area (Å²) in [7, 11) is 0. The number of carbonyl (C=O) groups excluding carboxylic acids is 1. The fourth-order valence-corrected chi connectivity index (χ4v) is 3.87. The van der Waals surface area contributed by atoms with Gasteiger partial charge in [-0.25, -0.2) is 0 Å². The van der Waals surface area contributed by atoms with Crippen LogP contribution in [0.1, 0.15) is 39.6 Å². The van der Waals surface area contributed by atoms with E-state index in [0.717, 1.165) is 5.56 Å². The van der Waals surface area contributed by atoms with Crippen molar-refractivity contribution in [3.63, 3.8) is 0 Å². The molecule has 5 rings (SSSR count). The highest BCUT2D eigenvalue weighted by Gasteiger charge is 2.40. The van der Waals surface area contributed by atoms with Crippen LogP contribution in [0.15, 0.2) is 63.7 Å². The molecular weight excluding hydrogens is 370 g/mol. The van der Waals surface area contributed by atoms with Crippen LogP contribution in [0.5, 0.6) is 0 Å². The summed E-state index contributed by atoms with van der Waals surface area (Å²) in [6, 6.07) is 15.4. The minimum Gasteiger partial charge on any atom is -0.463 e. The topological polar surface area (TPSA) is 101 Å². The van der Waals surface area contributed by atoms with Gasteiger partial charge in [-0.1, -0.05) is 35.5 Å². The molecule has 1 aromatic carbocycles. The number of aryl methyl sites for hydroxylation is 1. The molecule has 29 heavy (non-hydrogen) atoms. The monoisotopic (exact) mass is 389 g/mol. The zero-order valence-corrected chi connectivity index (χ0v) is 15.8. The Kier molecular flexibility index (Phi) is 4.23. The third-order valence-electron chi connectivity index (χ3n) is 5.28. The number of carbonyl (C=O) groups is 1. The third-order valence-corrected chi connectivity index (χ3v) is 5.28. The first-order chi connectivity index (χ1) is 14.2. The zero-order valence-electron chi connectivity index (χ0n) is 15.8. The molecule has 3 aromatic heterocycles. The van der Waals surface area contributed by atoms with Gasteiger partial charge in [0.05, 0.1) is 12.2 Å². The lowest BCUT2D eigenvalue weighted by atomic mass is 9.89. The molecule has 1 fully saturated rings. The molecule has 146 valence electrons. The Hall–Kier alpha value is -3.68. The van der Waals surface area contributed by atoms with Gasteiger partial charge in [0.2, 0.25) is 5.89 Å². The Balaban J connectivity index is 1.43. The predicted molar refractivity (Wildman–Crippen MR) is 103 cm³/mol. The van der Waals surface area contributed by atoms with Crippen molar-refractivity contribution in [1.82, 2.24) is 25.2 Å². The number of nitrogens with zero attached hydrogens (tertiary/aromatic N) is 4. The largest absolute Gasteiger partial charge is 0.463 e. The number of hydrogen-bond acceptors (Lipinski definition) is 6. The summed E-state index contributed by atoms with van der Waals surface area (Å²) in [5.74, 6) is 1.66. The van der Waals surface area contributed by atoms with Crippen LogP contribution >= 0.6 is 0 Å². The van der Waals surface area contributed by atoms with E-state index >= 15 is 0 Å². The average molecular weight is 389 g/mol. The standard InChI is InChI=1S/C21H19N5O3/c1-13-22-20(29-25-13)16-12-26(11-15(16)14-6-3-2-4-7-14)21(27)18-10-17(23-24-18)19-8-5-9-28-19/h2-10,15-16H,11-12H2,1H3,(H,23,24). The van der Waals surface area contributed by atoms with Crippen molar-refractivity contribution in [2.45, 2.75) is 18.8 Å². The van der Waals surface area contributed by atoms with Crippen molar-refractivity contribution in [2.75, 3.05) is 13.1 Å². The van der Waals surface area contributed by atoms with E-state index in [2.05, 4.69) is 32.5 Å². The highest BCUT2D eigenvalue weighted by atomic mass is 16.5. The molecule has 2 unspecified atom stereocenters. The minimum atomic E-state index is -0.140. The highest BCUT2D eigenvalue weighted by molar-refractivity contribution is 5.93. The molecule has 1 aliphatic rings. The fraction of sp³-hybridized carbons (Fsp3) is 0.238. The highest BCUT2D eigenvalue weighted by Crippen LogP contribution is 2.39. The molecule has 4 heterocycles. The van der Waals surface area contributed by atoms with Crippen LogP contribution in [0.2, 0.25) is 0 Å². The van der Waals surface area contributed by atoms with Crippen LogP contribution in [0.25, 0.3) is 11.5 Å². The van der Waals surface area contributed by atoms with E-state index in [-0.39, 0.29) is 17.7 Å². The smallest absolute Gasteiger partial charge is 0.274 e. The van der Waals surface area contributed by atoms with E-state index in [0.29, 0.717) is 42.0 Å². The maximum atomic E-state index is 13.1. The van der Waals surface area contributed by atoms with Crippen LogP contribution in [0, 0.1) is 6.92 Å². The number of benzene rings is 1. The normalized spacial score (nSPS) is 19.0. The van der Waals surface area contributed by atoms with E-state index < -0.39 is 0 Å². The molecule has 0 saturated carbocycles. The molecule has 0 aliphatic carbocycles. The number of likely N-dealkylation sites (tertiary alicyclic amines) is 1. The predicted octanol–water partition coefficient (Wildman–Crippen LogP) is 3.38. The summed E-state index contributed by atoms with van der Waals surface area (Å²) in [5, 5.41) is 11.0. The number of hydrogen-bond donors (Lipinski definition) is 1. The summed E-state index contributed by atoms with van der Waals surface area (Å²) in [4.78, 5) is 19.4. The summed E-state index contributed by atoms with van der Waals surface area (Å²) < 4.78 is 10.8. The molecule has 1 N–H and O–H groups in total. The van der Waals surface area contributed by atoms with Crippen molar-refractivity contribution in [3.05, 3.63) is 77.8 Å². The Bertz CT molecular complexity index is 1120.